The summed E-state index contributed by atoms with van der Waals surface area (Å²) in [4.78, 5) is 22.0. The van der Waals surface area contributed by atoms with Gasteiger partial charge in [-0.05, 0) is 26.2 Å². The van der Waals surface area contributed by atoms with Gasteiger partial charge in [-0.2, -0.15) is 0 Å². The molecule has 1 aliphatic rings. The predicted molar refractivity (Wildman–Crippen MR) is 47.2 cm³/mol. The Kier molecular flexibility index (Phi) is 2.59. The third-order valence-corrected chi connectivity index (χ3v) is 2.73. The highest BCUT2D eigenvalue weighted by molar-refractivity contribution is 5.89. The van der Waals surface area contributed by atoms with Crippen LogP contribution in [0, 0.1) is 5.41 Å². The van der Waals surface area contributed by atoms with E-state index in [0.29, 0.717) is 0 Å². The van der Waals surface area contributed by atoms with Crippen LogP contribution in [0.3, 0.4) is 0 Å². The fraction of sp³-hybridized carbons (Fsp3) is 0.778. The van der Waals surface area contributed by atoms with Crippen LogP contribution >= 0.6 is 0 Å². The molecule has 0 aromatic carbocycles. The fourth-order valence-electron chi connectivity index (χ4n) is 1.30. The summed E-state index contributed by atoms with van der Waals surface area (Å²) < 4.78 is 0. The quantitative estimate of drug-likeness (QED) is 0.679. The summed E-state index contributed by atoms with van der Waals surface area (Å²) >= 11 is 0. The summed E-state index contributed by atoms with van der Waals surface area (Å²) in [7, 11) is 0. The lowest BCUT2D eigenvalue weighted by molar-refractivity contribution is -0.142. The Labute approximate surface area is 77.3 Å². The maximum atomic E-state index is 11.5. The van der Waals surface area contributed by atoms with Crippen LogP contribution in [0.5, 0.6) is 0 Å². The van der Waals surface area contributed by atoms with Crippen molar-refractivity contribution in [2.75, 3.05) is 0 Å². The van der Waals surface area contributed by atoms with Gasteiger partial charge in [0.1, 0.15) is 6.04 Å². The van der Waals surface area contributed by atoms with E-state index in [1.165, 1.54) is 6.92 Å². The largest absolute Gasteiger partial charge is 0.480 e. The summed E-state index contributed by atoms with van der Waals surface area (Å²) in [6.45, 7) is 3.43. The van der Waals surface area contributed by atoms with Gasteiger partial charge < -0.3 is 10.4 Å². The van der Waals surface area contributed by atoms with Crippen molar-refractivity contribution in [2.24, 2.45) is 5.41 Å². The molecule has 0 aromatic rings. The van der Waals surface area contributed by atoms with Gasteiger partial charge in [0.15, 0.2) is 0 Å². The lowest BCUT2D eigenvalue weighted by atomic mass is 10.0. The number of nitrogens with one attached hydrogen (secondary N) is 1. The van der Waals surface area contributed by atoms with E-state index in [0.717, 1.165) is 19.3 Å². The molecule has 1 saturated carbocycles. The Morgan fingerprint density at radius 2 is 2.08 bits per heavy atom. The number of amides is 1. The third kappa shape index (κ3) is 1.99. The molecule has 4 nitrogen and oxygen atoms in total. The van der Waals surface area contributed by atoms with Crippen molar-refractivity contribution in [1.82, 2.24) is 5.32 Å². The van der Waals surface area contributed by atoms with Gasteiger partial charge in [0.25, 0.3) is 0 Å². The highest BCUT2D eigenvalue weighted by atomic mass is 16.4. The van der Waals surface area contributed by atoms with Gasteiger partial charge in [-0.15, -0.1) is 0 Å². The van der Waals surface area contributed by atoms with Gasteiger partial charge in [0, 0.05) is 5.41 Å². The second kappa shape index (κ2) is 3.36. The van der Waals surface area contributed by atoms with E-state index in [1.807, 2.05) is 6.92 Å². The minimum absolute atomic E-state index is 0.107. The molecule has 1 fully saturated rings. The summed E-state index contributed by atoms with van der Waals surface area (Å²) in [5, 5.41) is 11.1. The molecule has 1 atom stereocenters. The van der Waals surface area contributed by atoms with Gasteiger partial charge in [-0.1, -0.05) is 6.92 Å². The first-order valence-corrected chi connectivity index (χ1v) is 4.55. The molecule has 4 heteroatoms. The van der Waals surface area contributed by atoms with Crippen LogP contribution in [0.15, 0.2) is 0 Å². The highest BCUT2D eigenvalue weighted by Crippen LogP contribution is 2.48. The normalized spacial score (nSPS) is 20.5. The molecule has 0 heterocycles. The number of carboxylic acids is 1. The molecule has 0 aliphatic heterocycles. The van der Waals surface area contributed by atoms with E-state index in [9.17, 15) is 9.59 Å². The first-order valence-electron chi connectivity index (χ1n) is 4.55. The number of aliphatic carboxylic acids is 1. The Morgan fingerprint density at radius 3 is 2.38 bits per heavy atom. The summed E-state index contributed by atoms with van der Waals surface area (Å²) in [5.41, 5.74) is -0.246. The van der Waals surface area contributed by atoms with Gasteiger partial charge >= 0.3 is 5.97 Å². The third-order valence-electron chi connectivity index (χ3n) is 2.73. The van der Waals surface area contributed by atoms with Crippen LogP contribution in [0.4, 0.5) is 0 Å². The van der Waals surface area contributed by atoms with E-state index in [2.05, 4.69) is 5.32 Å². The molecule has 1 unspecified atom stereocenters. The molecule has 0 bridgehead atoms. The SMILES string of the molecule is CCC1(C(=O)NC(C)C(=O)O)CC1. The van der Waals surface area contributed by atoms with Crippen molar-refractivity contribution in [3.05, 3.63) is 0 Å². The maximum absolute atomic E-state index is 11.5. The first-order chi connectivity index (χ1) is 6.02. The Balaban J connectivity index is 2.46. The number of carboxylic acid groups (broad SMARTS) is 1. The van der Waals surface area contributed by atoms with Gasteiger partial charge in [-0.3, -0.25) is 9.59 Å². The molecule has 2 N–H and O–H groups in total. The Morgan fingerprint density at radius 1 is 1.54 bits per heavy atom. The van der Waals surface area contributed by atoms with Crippen molar-refractivity contribution in [3.63, 3.8) is 0 Å². The summed E-state index contributed by atoms with van der Waals surface area (Å²) in [6.07, 6.45) is 2.58. The van der Waals surface area contributed by atoms with Crippen molar-refractivity contribution >= 4 is 11.9 Å². The van der Waals surface area contributed by atoms with Crippen LogP contribution in [-0.2, 0) is 9.59 Å². The fourth-order valence-corrected chi connectivity index (χ4v) is 1.30. The smallest absolute Gasteiger partial charge is 0.325 e. The second-order valence-corrected chi connectivity index (χ2v) is 3.67. The Hall–Kier alpha value is -1.06. The minimum atomic E-state index is -0.986. The predicted octanol–water partition coefficient (Wildman–Crippen LogP) is 0.766. The highest BCUT2D eigenvalue weighted by Gasteiger charge is 2.48. The monoisotopic (exact) mass is 185 g/mol. The van der Waals surface area contributed by atoms with Crippen LogP contribution in [-0.4, -0.2) is 23.0 Å². The molecule has 1 aliphatic carbocycles. The molecule has 13 heavy (non-hydrogen) atoms. The van der Waals surface area contributed by atoms with E-state index >= 15 is 0 Å². The molecule has 0 saturated heterocycles. The molecule has 1 rings (SSSR count). The van der Waals surface area contributed by atoms with Crippen molar-refractivity contribution in [2.45, 2.75) is 39.2 Å². The van der Waals surface area contributed by atoms with E-state index in [1.54, 1.807) is 0 Å². The van der Waals surface area contributed by atoms with Crippen LogP contribution < -0.4 is 5.32 Å². The standard InChI is InChI=1S/C9H15NO3/c1-3-9(4-5-9)8(13)10-6(2)7(11)12/h6H,3-5H2,1-2H3,(H,10,13)(H,11,12). The van der Waals surface area contributed by atoms with Crippen molar-refractivity contribution < 1.29 is 14.7 Å². The van der Waals surface area contributed by atoms with E-state index in [-0.39, 0.29) is 11.3 Å². The molecule has 74 valence electrons. The molecular weight excluding hydrogens is 170 g/mol. The molecule has 0 aromatic heterocycles. The lowest BCUT2D eigenvalue weighted by Gasteiger charge is -2.15. The number of rotatable bonds is 4. The van der Waals surface area contributed by atoms with Gasteiger partial charge in [0.2, 0.25) is 5.91 Å². The summed E-state index contributed by atoms with van der Waals surface area (Å²) in [6, 6.07) is -0.781. The lowest BCUT2D eigenvalue weighted by Crippen LogP contribution is -2.42. The first kappa shape index (κ1) is 10.0. The van der Waals surface area contributed by atoms with Crippen LogP contribution in [0.25, 0.3) is 0 Å². The number of hydrogen-bond acceptors (Lipinski definition) is 2. The average Bonchev–Trinajstić information content (AvgIpc) is 2.84. The average molecular weight is 185 g/mol. The number of carbonyl (C=O) groups excluding carboxylic acids is 1. The van der Waals surface area contributed by atoms with Crippen molar-refractivity contribution in [3.8, 4) is 0 Å². The van der Waals surface area contributed by atoms with Crippen molar-refractivity contribution in [1.29, 1.82) is 0 Å². The van der Waals surface area contributed by atoms with E-state index < -0.39 is 12.0 Å². The number of carbonyl (C=O) groups is 2. The zero-order chi connectivity index (χ0) is 10.1. The summed E-state index contributed by atoms with van der Waals surface area (Å²) in [5.74, 6) is -1.09. The van der Waals surface area contributed by atoms with Gasteiger partial charge in [-0.25, -0.2) is 0 Å². The number of hydrogen-bond donors (Lipinski definition) is 2. The van der Waals surface area contributed by atoms with Crippen LogP contribution in [0.2, 0.25) is 0 Å². The maximum Gasteiger partial charge on any atom is 0.325 e. The zero-order valence-electron chi connectivity index (χ0n) is 7.96. The molecule has 1 amide bonds. The molecule has 0 radical (unpaired) electrons. The topological polar surface area (TPSA) is 66.4 Å². The molecule has 0 spiro atoms. The van der Waals surface area contributed by atoms with Crippen LogP contribution in [0.1, 0.15) is 33.1 Å². The second-order valence-electron chi connectivity index (χ2n) is 3.67. The zero-order valence-corrected chi connectivity index (χ0v) is 7.96. The van der Waals surface area contributed by atoms with E-state index in [4.69, 9.17) is 5.11 Å². The minimum Gasteiger partial charge on any atom is -0.480 e. The van der Waals surface area contributed by atoms with Gasteiger partial charge in [0.05, 0.1) is 0 Å². The molecular formula is C9H15NO3. The Bertz CT molecular complexity index is 233.